The summed E-state index contributed by atoms with van der Waals surface area (Å²) in [5.74, 6) is -1.16. The number of aromatic nitrogens is 1. The number of aliphatic hydroxyl groups excluding tert-OH is 1. The van der Waals surface area contributed by atoms with Crippen LogP contribution in [0, 0.1) is 0 Å². The molecule has 0 saturated heterocycles. The van der Waals surface area contributed by atoms with Gasteiger partial charge in [-0.2, -0.15) is 11.8 Å². The number of hydrogen-bond acceptors (Lipinski definition) is 6. The first-order valence-corrected chi connectivity index (χ1v) is 9.58. The van der Waals surface area contributed by atoms with Gasteiger partial charge < -0.3 is 20.3 Å². The van der Waals surface area contributed by atoms with Crippen molar-refractivity contribution in [2.24, 2.45) is 0 Å². The predicted octanol–water partition coefficient (Wildman–Crippen LogP) is -2.04. The Bertz CT molecular complexity index is 728. The van der Waals surface area contributed by atoms with E-state index < -0.39 is 24.0 Å². The molecule has 2 atom stereocenters. The van der Waals surface area contributed by atoms with Gasteiger partial charge in [-0.25, -0.2) is 0 Å². The van der Waals surface area contributed by atoms with Crippen LogP contribution in [-0.2, 0) is 11.2 Å². The number of rotatable bonds is 9. The Morgan fingerprint density at radius 2 is 1.96 bits per heavy atom. The molecule has 1 amide bonds. The Balaban J connectivity index is 0.00000364. The zero-order valence-electron chi connectivity index (χ0n) is 15.4. The van der Waals surface area contributed by atoms with Gasteiger partial charge >= 0.3 is 29.6 Å². The van der Waals surface area contributed by atoms with Crippen molar-refractivity contribution in [3.63, 3.8) is 0 Å². The van der Waals surface area contributed by atoms with Crippen molar-refractivity contribution in [2.75, 3.05) is 12.0 Å². The van der Waals surface area contributed by atoms with E-state index in [4.69, 9.17) is 0 Å². The van der Waals surface area contributed by atoms with Gasteiger partial charge in [-0.15, -0.1) is 0 Å². The van der Waals surface area contributed by atoms with Gasteiger partial charge in [0, 0.05) is 24.4 Å². The van der Waals surface area contributed by atoms with E-state index >= 15 is 0 Å². The minimum absolute atomic E-state index is 0. The summed E-state index contributed by atoms with van der Waals surface area (Å²) in [6.45, 7) is 0. The maximum absolute atomic E-state index is 12.2. The molecule has 0 aliphatic carbocycles. The van der Waals surface area contributed by atoms with E-state index in [1.165, 1.54) is 11.8 Å². The van der Waals surface area contributed by atoms with Gasteiger partial charge in [0.25, 0.3) is 5.91 Å². The Hall–Kier alpha value is -1.38. The molecule has 138 valence electrons. The second-order valence-corrected chi connectivity index (χ2v) is 6.82. The van der Waals surface area contributed by atoms with Crippen LogP contribution >= 0.6 is 11.8 Å². The van der Waals surface area contributed by atoms with Gasteiger partial charge in [0.05, 0.1) is 18.1 Å². The molecule has 2 N–H and O–H groups in total. The van der Waals surface area contributed by atoms with E-state index in [2.05, 4.69) is 10.3 Å². The average molecular weight is 396 g/mol. The SMILES string of the molecule is CSCCC(NC(=O)c1ccc(C(O)Cc2cccnc2)cc1)C(=O)[O-].[Na+]. The van der Waals surface area contributed by atoms with Gasteiger partial charge in [-0.05, 0) is 47.8 Å². The number of benzene rings is 1. The number of nitrogens with one attached hydrogen (secondary N) is 1. The predicted molar refractivity (Wildman–Crippen MR) is 98.6 cm³/mol. The number of hydrogen-bond donors (Lipinski definition) is 2. The molecule has 1 heterocycles. The zero-order valence-corrected chi connectivity index (χ0v) is 18.2. The van der Waals surface area contributed by atoms with Crippen molar-refractivity contribution in [3.8, 4) is 0 Å². The molecule has 0 fully saturated rings. The molecule has 0 aliphatic rings. The van der Waals surface area contributed by atoms with E-state index in [0.717, 1.165) is 5.56 Å². The molecule has 0 saturated carbocycles. The fourth-order valence-electron chi connectivity index (χ4n) is 2.44. The molecule has 6 nitrogen and oxygen atoms in total. The van der Waals surface area contributed by atoms with Crippen LogP contribution in [0.2, 0.25) is 0 Å². The molecule has 8 heteroatoms. The van der Waals surface area contributed by atoms with E-state index in [-0.39, 0.29) is 29.6 Å². The van der Waals surface area contributed by atoms with Gasteiger partial charge in [0.1, 0.15) is 0 Å². The Kier molecular flexibility index (Phi) is 10.6. The van der Waals surface area contributed by atoms with Gasteiger partial charge in [0.15, 0.2) is 0 Å². The number of aliphatic hydroxyl groups is 1. The smallest absolute Gasteiger partial charge is 0.548 e. The molecular formula is C19H21N2NaO4S. The summed E-state index contributed by atoms with van der Waals surface area (Å²) in [6.07, 6.45) is 5.23. The van der Waals surface area contributed by atoms with Crippen LogP contribution in [0.15, 0.2) is 48.8 Å². The quantitative estimate of drug-likeness (QED) is 0.474. The van der Waals surface area contributed by atoms with Crippen LogP contribution in [0.4, 0.5) is 0 Å². The first kappa shape index (κ1) is 23.7. The second kappa shape index (κ2) is 12.2. The molecular weight excluding hydrogens is 375 g/mol. The second-order valence-electron chi connectivity index (χ2n) is 5.83. The summed E-state index contributed by atoms with van der Waals surface area (Å²) < 4.78 is 0. The standard InChI is InChI=1S/C19H22N2O4S.Na/c1-26-10-8-16(19(24)25)21-18(23)15-6-4-14(5-7-15)17(22)11-13-3-2-9-20-12-13;/h2-7,9,12,16-17,22H,8,10-11H2,1H3,(H,21,23)(H,24,25);/q;+1/p-1. The van der Waals surface area contributed by atoms with E-state index in [9.17, 15) is 19.8 Å². The van der Waals surface area contributed by atoms with Gasteiger partial charge in [0.2, 0.25) is 0 Å². The van der Waals surface area contributed by atoms with Crippen molar-refractivity contribution in [2.45, 2.75) is 25.0 Å². The number of carboxylic acid groups (broad SMARTS) is 1. The Labute approximate surface area is 185 Å². The molecule has 2 aromatic rings. The molecule has 0 radical (unpaired) electrons. The van der Waals surface area contributed by atoms with Gasteiger partial charge in [-0.1, -0.05) is 18.2 Å². The van der Waals surface area contributed by atoms with Gasteiger partial charge in [-0.3, -0.25) is 9.78 Å². The third kappa shape index (κ3) is 7.63. The number of carbonyl (C=O) groups excluding carboxylic acids is 2. The molecule has 2 rings (SSSR count). The minimum atomic E-state index is -1.30. The molecule has 0 bridgehead atoms. The van der Waals surface area contributed by atoms with Crippen LogP contribution in [0.5, 0.6) is 0 Å². The summed E-state index contributed by atoms with van der Waals surface area (Å²) in [7, 11) is 0. The number of carbonyl (C=O) groups is 2. The first-order valence-electron chi connectivity index (χ1n) is 8.19. The Morgan fingerprint density at radius 3 is 2.52 bits per heavy atom. The summed E-state index contributed by atoms with van der Waals surface area (Å²) >= 11 is 1.50. The van der Waals surface area contributed by atoms with Crippen molar-refractivity contribution < 1.29 is 49.4 Å². The summed E-state index contributed by atoms with van der Waals surface area (Å²) in [6, 6.07) is 9.12. The fourth-order valence-corrected chi connectivity index (χ4v) is 2.91. The topological polar surface area (TPSA) is 102 Å². The van der Waals surface area contributed by atoms with Crippen LogP contribution < -0.4 is 40.0 Å². The summed E-state index contributed by atoms with van der Waals surface area (Å²) in [5, 5.41) is 23.9. The number of thioether (sulfide) groups is 1. The van der Waals surface area contributed by atoms with Crippen molar-refractivity contribution in [1.29, 1.82) is 0 Å². The normalized spacial score (nSPS) is 12.5. The van der Waals surface area contributed by atoms with E-state index in [1.54, 1.807) is 42.7 Å². The molecule has 1 aromatic carbocycles. The minimum Gasteiger partial charge on any atom is -0.548 e. The average Bonchev–Trinajstić information content (AvgIpc) is 2.65. The first-order chi connectivity index (χ1) is 12.5. The number of pyridine rings is 1. The van der Waals surface area contributed by atoms with Crippen molar-refractivity contribution in [1.82, 2.24) is 10.3 Å². The molecule has 2 unspecified atom stereocenters. The van der Waals surface area contributed by atoms with E-state index in [0.29, 0.717) is 29.7 Å². The largest absolute Gasteiger partial charge is 1.00 e. The fraction of sp³-hybridized carbons (Fsp3) is 0.316. The maximum Gasteiger partial charge on any atom is 1.00 e. The van der Waals surface area contributed by atoms with Crippen LogP contribution in [0.1, 0.15) is 34.0 Å². The van der Waals surface area contributed by atoms with Crippen LogP contribution in [0.3, 0.4) is 0 Å². The summed E-state index contributed by atoms with van der Waals surface area (Å²) in [5.41, 5.74) is 1.91. The van der Waals surface area contributed by atoms with Crippen molar-refractivity contribution in [3.05, 3.63) is 65.5 Å². The monoisotopic (exact) mass is 396 g/mol. The summed E-state index contributed by atoms with van der Waals surface area (Å²) in [4.78, 5) is 27.3. The third-order valence-corrected chi connectivity index (χ3v) is 4.55. The number of aliphatic carboxylic acids is 1. The maximum atomic E-state index is 12.2. The number of amides is 1. The van der Waals surface area contributed by atoms with Crippen LogP contribution in [-0.4, -0.2) is 40.0 Å². The molecule has 0 spiro atoms. The van der Waals surface area contributed by atoms with Crippen LogP contribution in [0.25, 0.3) is 0 Å². The van der Waals surface area contributed by atoms with E-state index in [1.807, 2.05) is 12.3 Å². The third-order valence-electron chi connectivity index (χ3n) is 3.91. The zero-order chi connectivity index (χ0) is 18.9. The number of nitrogens with zero attached hydrogens (tertiary/aromatic N) is 1. The number of carboxylic acids is 1. The molecule has 1 aromatic heterocycles. The molecule has 0 aliphatic heterocycles. The molecule has 27 heavy (non-hydrogen) atoms. The Morgan fingerprint density at radius 1 is 1.26 bits per heavy atom. The van der Waals surface area contributed by atoms with Crippen molar-refractivity contribution >= 4 is 23.6 Å².